The van der Waals surface area contributed by atoms with Crippen molar-refractivity contribution >= 4 is 0 Å². The fourth-order valence-corrected chi connectivity index (χ4v) is 5.34. The molecule has 1 aliphatic rings. The summed E-state index contributed by atoms with van der Waals surface area (Å²) < 4.78 is 4.82. The molecule has 0 N–H and O–H groups in total. The van der Waals surface area contributed by atoms with Crippen molar-refractivity contribution in [1.82, 2.24) is 0 Å². The van der Waals surface area contributed by atoms with Crippen LogP contribution in [-0.2, 0) is 25.9 Å². The Labute approximate surface area is 216 Å². The Balaban J connectivity index is 1.40. The van der Waals surface area contributed by atoms with Crippen LogP contribution in [0.15, 0.2) is 61.2 Å². The van der Waals surface area contributed by atoms with Gasteiger partial charge in [-0.25, -0.2) is 9.13 Å². The normalized spacial score (nSPS) is 19.2. The SMILES string of the molecule is C1=CCCC[n+]2cccc(c2)CCCCCCCCCCCC[n+]2cccc(c2)CCCCCC1. The maximum Gasteiger partial charge on any atom is 0.171 e. The van der Waals surface area contributed by atoms with Crippen LogP contribution in [0.5, 0.6) is 0 Å². The van der Waals surface area contributed by atoms with Crippen LogP contribution in [0.1, 0.15) is 120 Å². The molecule has 2 aromatic rings. The summed E-state index contributed by atoms with van der Waals surface area (Å²) in [5, 5.41) is 0. The summed E-state index contributed by atoms with van der Waals surface area (Å²) in [7, 11) is 0. The van der Waals surface area contributed by atoms with Crippen molar-refractivity contribution in [2.75, 3.05) is 0 Å². The summed E-state index contributed by atoms with van der Waals surface area (Å²) >= 11 is 0. The van der Waals surface area contributed by atoms with Gasteiger partial charge in [-0.05, 0) is 63.5 Å². The quantitative estimate of drug-likeness (QED) is 0.267. The molecule has 3 rings (SSSR count). The van der Waals surface area contributed by atoms with Gasteiger partial charge in [-0.1, -0.05) is 69.9 Å². The van der Waals surface area contributed by atoms with Crippen molar-refractivity contribution in [3.8, 4) is 0 Å². The van der Waals surface area contributed by atoms with Crippen LogP contribution in [0, 0.1) is 0 Å². The number of hydrogen-bond acceptors (Lipinski definition) is 0. The van der Waals surface area contributed by atoms with Crippen LogP contribution in [-0.4, -0.2) is 0 Å². The Morgan fingerprint density at radius 3 is 1.43 bits per heavy atom. The second kappa shape index (κ2) is 18.3. The molecule has 1 aliphatic heterocycles. The van der Waals surface area contributed by atoms with Gasteiger partial charge in [0.1, 0.15) is 13.1 Å². The van der Waals surface area contributed by atoms with Gasteiger partial charge in [-0.2, -0.15) is 0 Å². The summed E-state index contributed by atoms with van der Waals surface area (Å²) in [6.07, 6.45) is 39.6. The minimum atomic E-state index is 1.14. The molecule has 0 radical (unpaired) electrons. The first-order chi connectivity index (χ1) is 17.4. The fourth-order valence-electron chi connectivity index (χ4n) is 5.34. The van der Waals surface area contributed by atoms with Gasteiger partial charge in [0.25, 0.3) is 0 Å². The predicted molar refractivity (Wildman–Crippen MR) is 148 cm³/mol. The van der Waals surface area contributed by atoms with Crippen molar-refractivity contribution in [3.05, 3.63) is 72.3 Å². The Morgan fingerprint density at radius 1 is 0.429 bits per heavy atom. The Hall–Kier alpha value is -1.96. The zero-order valence-corrected chi connectivity index (χ0v) is 22.5. The van der Waals surface area contributed by atoms with E-state index in [1.165, 1.54) is 140 Å². The number of fused-ring (bicyclic) bond motifs is 4. The summed E-state index contributed by atoms with van der Waals surface area (Å²) in [4.78, 5) is 0. The molecular weight excluding hydrogens is 424 g/mol. The average molecular weight is 477 g/mol. The lowest BCUT2D eigenvalue weighted by molar-refractivity contribution is -0.697. The zero-order chi connectivity index (χ0) is 24.2. The molecule has 0 saturated heterocycles. The molecule has 2 aromatic heterocycles. The minimum absolute atomic E-state index is 1.14. The van der Waals surface area contributed by atoms with Gasteiger partial charge in [0, 0.05) is 36.1 Å². The Morgan fingerprint density at radius 2 is 0.857 bits per heavy atom. The van der Waals surface area contributed by atoms with Crippen LogP contribution in [0.25, 0.3) is 0 Å². The van der Waals surface area contributed by atoms with Gasteiger partial charge >= 0.3 is 0 Å². The van der Waals surface area contributed by atoms with Crippen molar-refractivity contribution in [2.45, 2.75) is 135 Å². The second-order valence-electron chi connectivity index (χ2n) is 10.8. The van der Waals surface area contributed by atoms with E-state index in [1.807, 2.05) is 0 Å². The zero-order valence-electron chi connectivity index (χ0n) is 22.5. The van der Waals surface area contributed by atoms with E-state index in [9.17, 15) is 0 Å². The molecule has 3 heterocycles. The first-order valence-corrected chi connectivity index (χ1v) is 15.0. The van der Waals surface area contributed by atoms with E-state index in [4.69, 9.17) is 0 Å². The lowest BCUT2D eigenvalue weighted by atomic mass is 10.0. The van der Waals surface area contributed by atoms with E-state index in [-0.39, 0.29) is 0 Å². The third-order valence-corrected chi connectivity index (χ3v) is 7.51. The van der Waals surface area contributed by atoms with E-state index >= 15 is 0 Å². The fraction of sp³-hybridized carbons (Fsp3) is 0.636. The number of aryl methyl sites for hydroxylation is 4. The van der Waals surface area contributed by atoms with E-state index in [0.29, 0.717) is 0 Å². The topological polar surface area (TPSA) is 7.76 Å². The van der Waals surface area contributed by atoms with Gasteiger partial charge in [0.2, 0.25) is 0 Å². The van der Waals surface area contributed by atoms with Crippen molar-refractivity contribution in [2.24, 2.45) is 0 Å². The number of allylic oxidation sites excluding steroid dienone is 2. The van der Waals surface area contributed by atoms with Crippen LogP contribution in [0.2, 0.25) is 0 Å². The monoisotopic (exact) mass is 476 g/mol. The first kappa shape index (κ1) is 27.6. The third-order valence-electron chi connectivity index (χ3n) is 7.51. The molecule has 0 atom stereocenters. The maximum atomic E-state index is 2.42. The molecule has 0 saturated carbocycles. The molecule has 4 bridgehead atoms. The van der Waals surface area contributed by atoms with Crippen LogP contribution in [0.3, 0.4) is 0 Å². The molecule has 0 unspecified atom stereocenters. The van der Waals surface area contributed by atoms with Crippen molar-refractivity contribution in [1.29, 1.82) is 0 Å². The highest BCUT2D eigenvalue weighted by atomic mass is 14.9. The standard InChI is InChI=1S/C33H52N2/c1-2-6-10-14-18-26-34-28-21-25-33(31-34)23-17-13-9-5-3-7-11-15-19-27-35-29-20-24-32(30-35)22-16-12-8-4-1/h7,11,20-21,24-25,28-31H,1-6,8-10,12-19,22-23,26-27H2/q+2. The van der Waals surface area contributed by atoms with Gasteiger partial charge < -0.3 is 0 Å². The highest BCUT2D eigenvalue weighted by Gasteiger charge is 2.05. The summed E-state index contributed by atoms with van der Waals surface area (Å²) in [6.45, 7) is 2.32. The number of pyridine rings is 2. The summed E-state index contributed by atoms with van der Waals surface area (Å²) in [5.74, 6) is 0. The van der Waals surface area contributed by atoms with E-state index in [0.717, 1.165) is 6.54 Å². The number of nitrogens with zero attached hydrogens (tertiary/aromatic N) is 2. The number of aromatic nitrogens is 2. The molecule has 0 amide bonds. The highest BCUT2D eigenvalue weighted by molar-refractivity contribution is 5.05. The van der Waals surface area contributed by atoms with E-state index in [1.54, 1.807) is 0 Å². The predicted octanol–water partition coefficient (Wildman–Crippen LogP) is 8.25. The third kappa shape index (κ3) is 13.1. The smallest absolute Gasteiger partial charge is 0.171 e. The molecule has 0 spiro atoms. The molecule has 0 fully saturated rings. The van der Waals surface area contributed by atoms with E-state index < -0.39 is 0 Å². The second-order valence-corrected chi connectivity index (χ2v) is 10.8. The molecule has 192 valence electrons. The van der Waals surface area contributed by atoms with Gasteiger partial charge in [-0.15, -0.1) is 0 Å². The lowest BCUT2D eigenvalue weighted by Gasteiger charge is -2.04. The largest absolute Gasteiger partial charge is 0.205 e. The van der Waals surface area contributed by atoms with Crippen molar-refractivity contribution < 1.29 is 9.13 Å². The lowest BCUT2D eigenvalue weighted by Crippen LogP contribution is -2.33. The maximum absolute atomic E-state index is 2.42. The molecule has 2 nitrogen and oxygen atoms in total. The average Bonchev–Trinajstić information content (AvgIpc) is 2.88. The molecule has 2 heteroatoms. The Kier molecular flexibility index (Phi) is 14.5. The van der Waals surface area contributed by atoms with E-state index in [2.05, 4.69) is 70.3 Å². The van der Waals surface area contributed by atoms with Crippen LogP contribution in [0.4, 0.5) is 0 Å². The van der Waals surface area contributed by atoms with Crippen molar-refractivity contribution in [3.63, 3.8) is 0 Å². The van der Waals surface area contributed by atoms with Crippen LogP contribution < -0.4 is 9.13 Å². The van der Waals surface area contributed by atoms with Gasteiger partial charge in [0.15, 0.2) is 24.8 Å². The minimum Gasteiger partial charge on any atom is -0.205 e. The first-order valence-electron chi connectivity index (χ1n) is 15.0. The van der Waals surface area contributed by atoms with Crippen LogP contribution >= 0.6 is 0 Å². The number of rotatable bonds is 0. The summed E-state index contributed by atoms with van der Waals surface area (Å²) in [5.41, 5.74) is 3.02. The molecule has 0 aliphatic carbocycles. The number of hydrogen-bond donors (Lipinski definition) is 0. The van der Waals surface area contributed by atoms with Gasteiger partial charge in [0.05, 0.1) is 0 Å². The molecular formula is C33H52N2+2. The molecule has 35 heavy (non-hydrogen) atoms. The summed E-state index contributed by atoms with van der Waals surface area (Å²) in [6, 6.07) is 9.11. The van der Waals surface area contributed by atoms with Gasteiger partial charge in [-0.3, -0.25) is 0 Å². The Bertz CT molecular complexity index is 825. The highest BCUT2D eigenvalue weighted by Crippen LogP contribution is 2.13. The molecule has 0 aromatic carbocycles.